The molecule has 1 N–H and O–H groups in total. The van der Waals surface area contributed by atoms with Gasteiger partial charge in [-0.25, -0.2) is 0 Å². The number of hydrogen-bond donors (Lipinski definition) is 1. The third-order valence-electron chi connectivity index (χ3n) is 3.31. The fraction of sp³-hybridized carbons (Fsp3) is 0.385. The van der Waals surface area contributed by atoms with Crippen molar-refractivity contribution in [2.24, 2.45) is 0 Å². The molecular formula is C13H16N2O. The Bertz CT molecular complexity index is 639. The summed E-state index contributed by atoms with van der Waals surface area (Å²) in [6, 6.07) is 0. The first kappa shape index (κ1) is 10.9. The quantitative estimate of drug-likeness (QED) is 0.735. The molecule has 0 aliphatic carbocycles. The fourth-order valence-electron chi connectivity index (χ4n) is 2.02. The van der Waals surface area contributed by atoms with E-state index in [1.165, 1.54) is 0 Å². The normalized spacial score (nSPS) is 11.1. The van der Waals surface area contributed by atoms with Crippen LogP contribution in [0.5, 0.6) is 0 Å². The third kappa shape index (κ3) is 1.35. The zero-order valence-electron chi connectivity index (χ0n) is 10.4. The Hall–Kier alpha value is -1.64. The van der Waals surface area contributed by atoms with Crippen molar-refractivity contribution in [2.45, 2.75) is 34.6 Å². The smallest absolute Gasteiger partial charge is 0.192 e. The van der Waals surface area contributed by atoms with E-state index in [9.17, 15) is 4.79 Å². The van der Waals surface area contributed by atoms with Gasteiger partial charge in [-0.15, -0.1) is 0 Å². The lowest BCUT2D eigenvalue weighted by molar-refractivity contribution is 1.08. The topological polar surface area (TPSA) is 45.8 Å². The average molecular weight is 216 g/mol. The number of hydrogen-bond acceptors (Lipinski definition) is 2. The van der Waals surface area contributed by atoms with Gasteiger partial charge in [0.2, 0.25) is 0 Å². The number of nitrogens with one attached hydrogen (secondary N) is 1. The number of H-pyrrole nitrogens is 1. The van der Waals surface area contributed by atoms with Crippen LogP contribution in [-0.4, -0.2) is 9.97 Å². The molecule has 2 rings (SSSR count). The summed E-state index contributed by atoms with van der Waals surface area (Å²) in [7, 11) is 0. The van der Waals surface area contributed by atoms with Crippen LogP contribution in [0.3, 0.4) is 0 Å². The van der Waals surface area contributed by atoms with Gasteiger partial charge in [-0.3, -0.25) is 9.78 Å². The molecule has 2 aromatic rings. The van der Waals surface area contributed by atoms with E-state index < -0.39 is 0 Å². The second kappa shape index (κ2) is 3.44. The highest BCUT2D eigenvalue weighted by molar-refractivity contribution is 5.85. The largest absolute Gasteiger partial charge is 0.357 e. The predicted octanol–water partition coefficient (Wildman–Crippen LogP) is 2.47. The highest BCUT2D eigenvalue weighted by Crippen LogP contribution is 2.19. The molecule has 3 heteroatoms. The second-order valence-corrected chi connectivity index (χ2v) is 4.36. The van der Waals surface area contributed by atoms with E-state index in [1.54, 1.807) is 0 Å². The van der Waals surface area contributed by atoms with Gasteiger partial charge in [0, 0.05) is 17.0 Å². The maximum absolute atomic E-state index is 12.2. The Morgan fingerprint density at radius 1 is 0.938 bits per heavy atom. The van der Waals surface area contributed by atoms with Crippen LogP contribution in [0.1, 0.15) is 28.2 Å². The Morgan fingerprint density at radius 2 is 1.56 bits per heavy atom. The lowest BCUT2D eigenvalue weighted by atomic mass is 10.0. The molecule has 2 heterocycles. The lowest BCUT2D eigenvalue weighted by Crippen LogP contribution is -2.13. The van der Waals surface area contributed by atoms with Crippen LogP contribution in [0.15, 0.2) is 4.79 Å². The highest BCUT2D eigenvalue weighted by Gasteiger charge is 2.12. The van der Waals surface area contributed by atoms with E-state index in [2.05, 4.69) is 9.97 Å². The van der Waals surface area contributed by atoms with Crippen LogP contribution in [0, 0.1) is 34.6 Å². The van der Waals surface area contributed by atoms with E-state index >= 15 is 0 Å². The highest BCUT2D eigenvalue weighted by atomic mass is 16.1. The van der Waals surface area contributed by atoms with Crippen molar-refractivity contribution < 1.29 is 0 Å². The van der Waals surface area contributed by atoms with Gasteiger partial charge in [-0.1, -0.05) is 0 Å². The van der Waals surface area contributed by atoms with Crippen molar-refractivity contribution in [2.75, 3.05) is 0 Å². The van der Waals surface area contributed by atoms with Crippen molar-refractivity contribution in [3.05, 3.63) is 38.4 Å². The third-order valence-corrected chi connectivity index (χ3v) is 3.31. The molecule has 3 nitrogen and oxygen atoms in total. The molecule has 0 aliphatic rings. The number of pyridine rings is 2. The van der Waals surface area contributed by atoms with Crippen molar-refractivity contribution in [1.29, 1.82) is 0 Å². The molecule has 16 heavy (non-hydrogen) atoms. The second-order valence-electron chi connectivity index (χ2n) is 4.36. The molecule has 0 unspecified atom stereocenters. The molecule has 0 saturated carbocycles. The first-order valence-corrected chi connectivity index (χ1v) is 5.40. The molecule has 2 aromatic heterocycles. The van der Waals surface area contributed by atoms with Gasteiger partial charge < -0.3 is 4.98 Å². The van der Waals surface area contributed by atoms with E-state index in [1.807, 2.05) is 34.6 Å². The fourth-order valence-corrected chi connectivity index (χ4v) is 2.02. The van der Waals surface area contributed by atoms with E-state index in [4.69, 9.17) is 0 Å². The minimum absolute atomic E-state index is 0.123. The summed E-state index contributed by atoms with van der Waals surface area (Å²) < 4.78 is 0. The first-order chi connectivity index (χ1) is 7.43. The van der Waals surface area contributed by atoms with Crippen LogP contribution < -0.4 is 5.43 Å². The molecule has 0 fully saturated rings. The predicted molar refractivity (Wildman–Crippen MR) is 66.0 cm³/mol. The lowest BCUT2D eigenvalue weighted by Gasteiger charge is -2.10. The maximum Gasteiger partial charge on any atom is 0.192 e. The molecule has 0 aromatic carbocycles. The Morgan fingerprint density at radius 3 is 2.19 bits per heavy atom. The average Bonchev–Trinajstić information content (AvgIpc) is 2.22. The van der Waals surface area contributed by atoms with Gasteiger partial charge in [0.05, 0.1) is 16.6 Å². The molecular weight excluding hydrogens is 200 g/mol. The zero-order chi connectivity index (χ0) is 12.0. The SMILES string of the molecule is Cc1nc(C)c2[nH]c(C)c(C)c(=O)c2c1C. The molecule has 84 valence electrons. The van der Waals surface area contributed by atoms with E-state index in [-0.39, 0.29) is 5.43 Å². The van der Waals surface area contributed by atoms with Crippen LogP contribution in [0.2, 0.25) is 0 Å². The molecule has 0 spiro atoms. The summed E-state index contributed by atoms with van der Waals surface area (Å²) in [5, 5.41) is 0.785. The summed E-state index contributed by atoms with van der Waals surface area (Å²) >= 11 is 0. The van der Waals surface area contributed by atoms with Gasteiger partial charge in [0.15, 0.2) is 5.43 Å². The summed E-state index contributed by atoms with van der Waals surface area (Å²) in [5.41, 5.74) is 5.50. The minimum Gasteiger partial charge on any atom is -0.357 e. The monoisotopic (exact) mass is 216 g/mol. The molecule has 0 radical (unpaired) electrons. The van der Waals surface area contributed by atoms with Gasteiger partial charge in [0.1, 0.15) is 0 Å². The van der Waals surface area contributed by atoms with Crippen LogP contribution in [-0.2, 0) is 0 Å². The van der Waals surface area contributed by atoms with E-state index in [0.717, 1.165) is 39.1 Å². The van der Waals surface area contributed by atoms with Crippen molar-refractivity contribution in [3.63, 3.8) is 0 Å². The number of fused-ring (bicyclic) bond motifs is 1. The standard InChI is InChI=1S/C13H16N2O/c1-6-8(3)14-10(5)12-11(6)13(16)7(2)9(4)15-12/h1-5H3,(H,15,16). The number of aromatic amines is 1. The van der Waals surface area contributed by atoms with Crippen LogP contribution >= 0.6 is 0 Å². The molecule has 0 amide bonds. The maximum atomic E-state index is 12.2. The summed E-state index contributed by atoms with van der Waals surface area (Å²) in [6.07, 6.45) is 0. The number of rotatable bonds is 0. The number of aromatic nitrogens is 2. The number of nitrogens with zero attached hydrogens (tertiary/aromatic N) is 1. The van der Waals surface area contributed by atoms with Gasteiger partial charge in [-0.2, -0.15) is 0 Å². The van der Waals surface area contributed by atoms with Gasteiger partial charge >= 0.3 is 0 Å². The van der Waals surface area contributed by atoms with Crippen LogP contribution in [0.25, 0.3) is 10.9 Å². The summed E-state index contributed by atoms with van der Waals surface area (Å²) in [4.78, 5) is 19.9. The minimum atomic E-state index is 0.123. The molecule has 0 aliphatic heterocycles. The Balaban J connectivity index is 3.14. The summed E-state index contributed by atoms with van der Waals surface area (Å²) in [5.74, 6) is 0. The summed E-state index contributed by atoms with van der Waals surface area (Å²) in [6.45, 7) is 9.60. The van der Waals surface area contributed by atoms with E-state index in [0.29, 0.717) is 0 Å². The van der Waals surface area contributed by atoms with Gasteiger partial charge in [-0.05, 0) is 40.2 Å². The van der Waals surface area contributed by atoms with Crippen LogP contribution in [0.4, 0.5) is 0 Å². The first-order valence-electron chi connectivity index (χ1n) is 5.40. The molecule has 0 bridgehead atoms. The Kier molecular flexibility index (Phi) is 2.34. The number of aryl methyl sites for hydroxylation is 4. The van der Waals surface area contributed by atoms with Gasteiger partial charge in [0.25, 0.3) is 0 Å². The zero-order valence-corrected chi connectivity index (χ0v) is 10.4. The van der Waals surface area contributed by atoms with Crippen molar-refractivity contribution in [3.8, 4) is 0 Å². The molecule has 0 atom stereocenters. The van der Waals surface area contributed by atoms with Crippen molar-refractivity contribution >= 4 is 10.9 Å². The van der Waals surface area contributed by atoms with Crippen molar-refractivity contribution in [1.82, 2.24) is 9.97 Å². The Labute approximate surface area is 94.5 Å². The molecule has 0 saturated heterocycles.